The molecule has 0 amide bonds. The van der Waals surface area contributed by atoms with Gasteiger partial charge in [-0.25, -0.2) is 9.78 Å². The Morgan fingerprint density at radius 3 is 2.71 bits per heavy atom. The third kappa shape index (κ3) is 2.29. The van der Waals surface area contributed by atoms with Gasteiger partial charge in [0.2, 0.25) is 0 Å². The van der Waals surface area contributed by atoms with Crippen molar-refractivity contribution in [3.8, 4) is 0 Å². The summed E-state index contributed by atoms with van der Waals surface area (Å²) in [5.74, 6) is -0.748. The molecule has 1 atom stereocenters. The van der Waals surface area contributed by atoms with Crippen molar-refractivity contribution >= 4 is 5.97 Å². The number of carboxylic acids is 1. The van der Waals surface area contributed by atoms with Gasteiger partial charge in [0.15, 0.2) is 0 Å². The van der Waals surface area contributed by atoms with E-state index in [1.807, 2.05) is 13.8 Å². The van der Waals surface area contributed by atoms with Crippen LogP contribution in [0.5, 0.6) is 0 Å². The zero-order valence-electron chi connectivity index (χ0n) is 8.27. The number of hydrogen-bond donors (Lipinski definition) is 2. The molecule has 0 aromatic carbocycles. The molecule has 0 radical (unpaired) electrons. The summed E-state index contributed by atoms with van der Waals surface area (Å²) in [6, 6.07) is 3.13. The summed E-state index contributed by atoms with van der Waals surface area (Å²) in [4.78, 5) is 14.4. The highest BCUT2D eigenvalue weighted by molar-refractivity contribution is 5.85. The van der Waals surface area contributed by atoms with Crippen LogP contribution in [-0.2, 0) is 0 Å². The van der Waals surface area contributed by atoms with Crippen molar-refractivity contribution in [1.29, 1.82) is 0 Å². The lowest BCUT2D eigenvalue weighted by Gasteiger charge is -2.15. The van der Waals surface area contributed by atoms with Crippen LogP contribution < -0.4 is 5.73 Å². The van der Waals surface area contributed by atoms with Gasteiger partial charge in [-0.2, -0.15) is 0 Å². The number of hydrogen-bond acceptors (Lipinski definition) is 3. The average molecular weight is 194 g/mol. The van der Waals surface area contributed by atoms with E-state index in [0.29, 0.717) is 0 Å². The zero-order valence-corrected chi connectivity index (χ0v) is 8.27. The van der Waals surface area contributed by atoms with Crippen LogP contribution in [0, 0.1) is 5.92 Å². The molecule has 14 heavy (non-hydrogen) atoms. The fourth-order valence-corrected chi connectivity index (χ4v) is 1.16. The lowest BCUT2D eigenvalue weighted by atomic mass is 9.97. The number of carboxylic acid groups (broad SMARTS) is 1. The van der Waals surface area contributed by atoms with Gasteiger partial charge in [0.25, 0.3) is 0 Å². The van der Waals surface area contributed by atoms with E-state index in [1.165, 1.54) is 12.3 Å². The lowest BCUT2D eigenvalue weighted by molar-refractivity contribution is 0.0690. The number of nitrogens with two attached hydrogens (primary N) is 1. The number of rotatable bonds is 3. The molecule has 0 aliphatic carbocycles. The van der Waals surface area contributed by atoms with Gasteiger partial charge in [-0.05, 0) is 23.6 Å². The van der Waals surface area contributed by atoms with Crippen molar-refractivity contribution in [2.24, 2.45) is 11.7 Å². The maximum absolute atomic E-state index is 10.6. The van der Waals surface area contributed by atoms with Crippen LogP contribution in [0.25, 0.3) is 0 Å². The van der Waals surface area contributed by atoms with Crippen LogP contribution in [0.4, 0.5) is 0 Å². The van der Waals surface area contributed by atoms with Gasteiger partial charge in [-0.3, -0.25) is 0 Å². The quantitative estimate of drug-likeness (QED) is 0.763. The van der Waals surface area contributed by atoms with Gasteiger partial charge in [-0.1, -0.05) is 13.8 Å². The van der Waals surface area contributed by atoms with Gasteiger partial charge in [0.1, 0.15) is 5.69 Å². The summed E-state index contributed by atoms with van der Waals surface area (Å²) in [5, 5.41) is 8.73. The summed E-state index contributed by atoms with van der Waals surface area (Å²) >= 11 is 0. The Bertz CT molecular complexity index is 337. The van der Waals surface area contributed by atoms with Crippen LogP contribution >= 0.6 is 0 Å². The van der Waals surface area contributed by atoms with Gasteiger partial charge in [0, 0.05) is 12.2 Å². The summed E-state index contributed by atoms with van der Waals surface area (Å²) < 4.78 is 0. The Labute approximate surface area is 82.8 Å². The van der Waals surface area contributed by atoms with Crippen molar-refractivity contribution in [1.82, 2.24) is 4.98 Å². The van der Waals surface area contributed by atoms with Crippen molar-refractivity contribution < 1.29 is 9.90 Å². The van der Waals surface area contributed by atoms with E-state index >= 15 is 0 Å². The summed E-state index contributed by atoms with van der Waals surface area (Å²) in [5.41, 5.74) is 6.74. The van der Waals surface area contributed by atoms with E-state index in [4.69, 9.17) is 10.8 Å². The van der Waals surface area contributed by atoms with Gasteiger partial charge in [0.05, 0.1) is 0 Å². The molecule has 4 heteroatoms. The predicted molar refractivity (Wildman–Crippen MR) is 53.0 cm³/mol. The first-order valence-corrected chi connectivity index (χ1v) is 4.47. The summed E-state index contributed by atoms with van der Waals surface area (Å²) in [6.45, 7) is 3.98. The molecule has 0 bridgehead atoms. The van der Waals surface area contributed by atoms with Gasteiger partial charge < -0.3 is 10.8 Å². The molecule has 0 fully saturated rings. The molecule has 1 aromatic heterocycles. The number of nitrogens with zero attached hydrogens (tertiary/aromatic N) is 1. The number of pyridine rings is 1. The predicted octanol–water partition coefficient (Wildman–Crippen LogP) is 1.44. The Morgan fingerprint density at radius 1 is 1.57 bits per heavy atom. The van der Waals surface area contributed by atoms with E-state index < -0.39 is 5.97 Å². The average Bonchev–Trinajstić information content (AvgIpc) is 2.16. The zero-order chi connectivity index (χ0) is 10.7. The Hall–Kier alpha value is -1.42. The van der Waals surface area contributed by atoms with Crippen LogP contribution in [0.1, 0.15) is 35.9 Å². The number of carbonyl (C=O) groups is 1. The SMILES string of the molecule is CC(C)C(N)c1ccnc(C(=O)O)c1. The topological polar surface area (TPSA) is 76.2 Å². The number of aromatic nitrogens is 1. The first kappa shape index (κ1) is 10.7. The third-order valence-electron chi connectivity index (χ3n) is 2.11. The Balaban J connectivity index is 2.99. The first-order chi connectivity index (χ1) is 6.52. The number of aromatic carboxylic acids is 1. The highest BCUT2D eigenvalue weighted by atomic mass is 16.4. The second kappa shape index (κ2) is 4.19. The molecule has 3 N–H and O–H groups in total. The first-order valence-electron chi connectivity index (χ1n) is 4.47. The normalized spacial score (nSPS) is 12.9. The minimum absolute atomic E-state index is 0.0404. The standard InChI is InChI=1S/C10H14N2O2/c1-6(2)9(11)7-3-4-12-8(5-7)10(13)14/h3-6,9H,11H2,1-2H3,(H,13,14). The van der Waals surface area contributed by atoms with Crippen molar-refractivity contribution in [3.63, 3.8) is 0 Å². The smallest absolute Gasteiger partial charge is 0.354 e. The molecule has 4 nitrogen and oxygen atoms in total. The maximum atomic E-state index is 10.6. The van der Waals surface area contributed by atoms with E-state index in [-0.39, 0.29) is 17.7 Å². The molecular weight excluding hydrogens is 180 g/mol. The molecule has 1 aromatic rings. The molecule has 0 aliphatic heterocycles. The van der Waals surface area contributed by atoms with E-state index in [0.717, 1.165) is 5.56 Å². The van der Waals surface area contributed by atoms with E-state index in [1.54, 1.807) is 6.07 Å². The minimum Gasteiger partial charge on any atom is -0.477 e. The van der Waals surface area contributed by atoms with Gasteiger partial charge >= 0.3 is 5.97 Å². The molecule has 76 valence electrons. The highest BCUT2D eigenvalue weighted by Gasteiger charge is 2.12. The van der Waals surface area contributed by atoms with E-state index in [9.17, 15) is 4.79 Å². The Kier molecular flexibility index (Phi) is 3.19. The molecule has 0 saturated carbocycles. The maximum Gasteiger partial charge on any atom is 0.354 e. The fourth-order valence-electron chi connectivity index (χ4n) is 1.16. The van der Waals surface area contributed by atoms with Gasteiger partial charge in [-0.15, -0.1) is 0 Å². The Morgan fingerprint density at radius 2 is 2.21 bits per heavy atom. The second-order valence-corrected chi connectivity index (χ2v) is 3.55. The highest BCUT2D eigenvalue weighted by Crippen LogP contribution is 2.18. The summed E-state index contributed by atoms with van der Waals surface area (Å²) in [7, 11) is 0. The fraction of sp³-hybridized carbons (Fsp3) is 0.400. The molecule has 0 aliphatic rings. The molecular formula is C10H14N2O2. The van der Waals surface area contributed by atoms with Crippen molar-refractivity contribution in [2.45, 2.75) is 19.9 Å². The van der Waals surface area contributed by atoms with Crippen LogP contribution in [0.3, 0.4) is 0 Å². The lowest BCUT2D eigenvalue weighted by Crippen LogP contribution is -2.17. The molecule has 1 heterocycles. The van der Waals surface area contributed by atoms with Crippen LogP contribution in [0.15, 0.2) is 18.3 Å². The van der Waals surface area contributed by atoms with Crippen molar-refractivity contribution in [2.75, 3.05) is 0 Å². The van der Waals surface area contributed by atoms with Crippen LogP contribution in [-0.4, -0.2) is 16.1 Å². The van der Waals surface area contributed by atoms with Crippen molar-refractivity contribution in [3.05, 3.63) is 29.6 Å². The van der Waals surface area contributed by atoms with Crippen LogP contribution in [0.2, 0.25) is 0 Å². The molecule has 0 saturated heterocycles. The molecule has 0 spiro atoms. The molecule has 1 rings (SSSR count). The second-order valence-electron chi connectivity index (χ2n) is 3.55. The largest absolute Gasteiger partial charge is 0.477 e. The monoisotopic (exact) mass is 194 g/mol. The molecule has 1 unspecified atom stereocenters. The summed E-state index contributed by atoms with van der Waals surface area (Å²) in [6.07, 6.45) is 1.47. The van der Waals surface area contributed by atoms with E-state index in [2.05, 4.69) is 4.98 Å². The minimum atomic E-state index is -1.03. The third-order valence-corrected chi connectivity index (χ3v) is 2.11.